The van der Waals surface area contributed by atoms with Gasteiger partial charge in [-0.3, -0.25) is 9.59 Å². The predicted octanol–water partition coefficient (Wildman–Crippen LogP) is 3.83. The second-order valence-corrected chi connectivity index (χ2v) is 7.62. The molecule has 0 fully saturated rings. The first kappa shape index (κ1) is 25.1. The van der Waals surface area contributed by atoms with Crippen molar-refractivity contribution in [2.24, 2.45) is 0 Å². The fourth-order valence-corrected chi connectivity index (χ4v) is 2.52. The summed E-state index contributed by atoms with van der Waals surface area (Å²) in [6.07, 6.45) is -8.58. The number of hydrogen-bond acceptors (Lipinski definition) is 5. The summed E-state index contributed by atoms with van der Waals surface area (Å²) in [4.78, 5) is 28.7. The summed E-state index contributed by atoms with van der Waals surface area (Å²) in [5, 5.41) is 14.9. The second-order valence-electron chi connectivity index (χ2n) is 7.62. The first-order valence-electron chi connectivity index (χ1n) is 9.47. The highest BCUT2D eigenvalue weighted by Crippen LogP contribution is 2.28. The summed E-state index contributed by atoms with van der Waals surface area (Å²) >= 11 is 0. The number of aliphatic hydroxyl groups is 1. The molecule has 0 bridgehead atoms. The summed E-state index contributed by atoms with van der Waals surface area (Å²) in [7, 11) is 0. The van der Waals surface area contributed by atoms with Gasteiger partial charge >= 0.3 is 12.5 Å². The standard InChI is InChI=1S/C21H23F4N3O4/c1-11-9-14(10-16(26-11)28-19(30)20(3,4)31)17(29)27-12(2)13-5-7-15(8-6-13)32-21(24,25)18(22)23/h5-10,12,18,31H,1-4H3,(H,27,29)(H,26,28,30). The quantitative estimate of drug-likeness (QED) is 0.523. The topological polar surface area (TPSA) is 101 Å². The molecule has 0 aliphatic rings. The smallest absolute Gasteiger partial charge is 0.428 e. The number of benzene rings is 1. The Bertz CT molecular complexity index is 976. The molecule has 0 radical (unpaired) electrons. The molecule has 7 nitrogen and oxygen atoms in total. The van der Waals surface area contributed by atoms with Crippen molar-refractivity contribution >= 4 is 17.6 Å². The average Bonchev–Trinajstić information content (AvgIpc) is 2.66. The lowest BCUT2D eigenvalue weighted by atomic mass is 10.1. The Morgan fingerprint density at radius 1 is 1.12 bits per heavy atom. The molecule has 0 aliphatic heterocycles. The Morgan fingerprint density at radius 3 is 2.25 bits per heavy atom. The van der Waals surface area contributed by atoms with Crippen LogP contribution in [0.4, 0.5) is 23.4 Å². The van der Waals surface area contributed by atoms with E-state index < -0.39 is 41.7 Å². The molecule has 0 saturated carbocycles. The zero-order valence-corrected chi connectivity index (χ0v) is 17.7. The van der Waals surface area contributed by atoms with E-state index in [1.54, 1.807) is 13.8 Å². The normalized spacial score (nSPS) is 12.9. The third-order valence-corrected chi connectivity index (χ3v) is 4.25. The van der Waals surface area contributed by atoms with Gasteiger partial charge in [0.2, 0.25) is 0 Å². The van der Waals surface area contributed by atoms with Gasteiger partial charge in [-0.25, -0.2) is 4.98 Å². The number of aryl methyl sites for hydroxylation is 1. The number of rotatable bonds is 8. The van der Waals surface area contributed by atoms with Crippen molar-refractivity contribution in [1.82, 2.24) is 10.3 Å². The van der Waals surface area contributed by atoms with E-state index in [0.717, 1.165) is 12.1 Å². The van der Waals surface area contributed by atoms with Crippen molar-refractivity contribution in [1.29, 1.82) is 0 Å². The number of aromatic nitrogens is 1. The van der Waals surface area contributed by atoms with Crippen LogP contribution < -0.4 is 15.4 Å². The van der Waals surface area contributed by atoms with Crippen molar-refractivity contribution in [3.05, 3.63) is 53.2 Å². The molecule has 1 unspecified atom stereocenters. The lowest BCUT2D eigenvalue weighted by Gasteiger charge is -2.19. The van der Waals surface area contributed by atoms with Crippen molar-refractivity contribution in [3.63, 3.8) is 0 Å². The van der Waals surface area contributed by atoms with Gasteiger partial charge in [-0.1, -0.05) is 12.1 Å². The molecule has 2 amide bonds. The average molecular weight is 457 g/mol. The monoisotopic (exact) mass is 457 g/mol. The molecule has 1 heterocycles. The minimum atomic E-state index is -4.61. The fourth-order valence-electron chi connectivity index (χ4n) is 2.52. The van der Waals surface area contributed by atoms with Crippen molar-refractivity contribution in [2.45, 2.75) is 51.9 Å². The molecule has 0 spiro atoms. The Balaban J connectivity index is 2.10. The predicted molar refractivity (Wildman–Crippen MR) is 108 cm³/mol. The molecular formula is C21H23F4N3O4. The van der Waals surface area contributed by atoms with E-state index in [1.165, 1.54) is 38.1 Å². The number of nitrogens with one attached hydrogen (secondary N) is 2. The van der Waals surface area contributed by atoms with Gasteiger partial charge in [0.25, 0.3) is 11.8 Å². The molecule has 1 atom stereocenters. The summed E-state index contributed by atoms with van der Waals surface area (Å²) in [6, 6.07) is 7.15. The largest absolute Gasteiger partial charge is 0.461 e. The van der Waals surface area contributed by atoms with Gasteiger partial charge < -0.3 is 20.5 Å². The van der Waals surface area contributed by atoms with Gasteiger partial charge in [0, 0.05) is 11.3 Å². The van der Waals surface area contributed by atoms with Crippen molar-refractivity contribution in [3.8, 4) is 5.75 Å². The number of amides is 2. The fraction of sp³-hybridized carbons (Fsp3) is 0.381. The maximum atomic E-state index is 13.0. The Morgan fingerprint density at radius 2 is 1.72 bits per heavy atom. The Kier molecular flexibility index (Phi) is 7.45. The second kappa shape index (κ2) is 9.51. The van der Waals surface area contributed by atoms with Gasteiger partial charge in [-0.15, -0.1) is 0 Å². The summed E-state index contributed by atoms with van der Waals surface area (Å²) in [5.41, 5.74) is -0.505. The highest BCUT2D eigenvalue weighted by atomic mass is 19.3. The van der Waals surface area contributed by atoms with Crippen molar-refractivity contribution < 1.29 is 37.0 Å². The highest BCUT2D eigenvalue weighted by Gasteiger charge is 2.43. The maximum absolute atomic E-state index is 13.0. The summed E-state index contributed by atoms with van der Waals surface area (Å²) < 4.78 is 54.4. The number of pyridine rings is 1. The van der Waals surface area contributed by atoms with Crippen LogP contribution in [0.25, 0.3) is 0 Å². The number of halogens is 4. The molecule has 174 valence electrons. The molecule has 11 heteroatoms. The minimum Gasteiger partial charge on any atom is -0.428 e. The van der Waals surface area contributed by atoms with Crippen LogP contribution in [0.2, 0.25) is 0 Å². The van der Waals surface area contributed by atoms with Crippen LogP contribution in [0, 0.1) is 6.92 Å². The van der Waals surface area contributed by atoms with E-state index in [4.69, 9.17) is 0 Å². The molecule has 0 saturated heterocycles. The number of alkyl halides is 4. The van der Waals surface area contributed by atoms with E-state index in [1.807, 2.05) is 0 Å². The van der Waals surface area contributed by atoms with Gasteiger partial charge in [-0.05, 0) is 57.5 Å². The number of anilines is 1. The van der Waals surface area contributed by atoms with Gasteiger partial charge in [0.05, 0.1) is 6.04 Å². The SMILES string of the molecule is Cc1cc(C(=O)NC(C)c2ccc(OC(F)(F)C(F)F)cc2)cc(NC(=O)C(C)(C)O)n1. The molecule has 1 aromatic carbocycles. The lowest BCUT2D eigenvalue weighted by Crippen LogP contribution is -2.37. The van der Waals surface area contributed by atoms with E-state index >= 15 is 0 Å². The minimum absolute atomic E-state index is 0.0800. The molecule has 32 heavy (non-hydrogen) atoms. The van der Waals surface area contributed by atoms with E-state index in [0.29, 0.717) is 11.3 Å². The first-order valence-corrected chi connectivity index (χ1v) is 9.47. The van der Waals surface area contributed by atoms with Crippen LogP contribution in [-0.2, 0) is 4.79 Å². The van der Waals surface area contributed by atoms with Crippen LogP contribution in [0.5, 0.6) is 5.75 Å². The third-order valence-electron chi connectivity index (χ3n) is 4.25. The number of nitrogens with zero attached hydrogens (tertiary/aromatic N) is 1. The third kappa shape index (κ3) is 6.64. The number of ether oxygens (including phenoxy) is 1. The summed E-state index contributed by atoms with van der Waals surface area (Å²) in [5.74, 6) is -1.58. The molecular weight excluding hydrogens is 434 g/mol. The van der Waals surface area contributed by atoms with Gasteiger partial charge in [-0.2, -0.15) is 17.6 Å². The number of carbonyl (C=O) groups is 2. The zero-order valence-electron chi connectivity index (χ0n) is 17.7. The Hall–Kier alpha value is -3.21. The number of hydrogen-bond donors (Lipinski definition) is 3. The van der Waals surface area contributed by atoms with Gasteiger partial charge in [0.15, 0.2) is 0 Å². The lowest BCUT2D eigenvalue weighted by molar-refractivity contribution is -0.253. The Labute approximate surface area is 181 Å². The molecule has 1 aromatic heterocycles. The number of carbonyl (C=O) groups excluding carboxylic acids is 2. The maximum Gasteiger partial charge on any atom is 0.461 e. The van der Waals surface area contributed by atoms with Gasteiger partial charge in [0.1, 0.15) is 17.2 Å². The molecule has 0 aliphatic carbocycles. The zero-order chi connectivity index (χ0) is 24.3. The molecule has 2 rings (SSSR count). The van der Waals surface area contributed by atoms with E-state index in [9.17, 15) is 32.3 Å². The van der Waals surface area contributed by atoms with Crippen LogP contribution in [0.3, 0.4) is 0 Å². The van der Waals surface area contributed by atoms with E-state index in [2.05, 4.69) is 20.4 Å². The van der Waals surface area contributed by atoms with Crippen LogP contribution >= 0.6 is 0 Å². The molecule has 2 aromatic rings. The van der Waals surface area contributed by atoms with Crippen LogP contribution in [0.15, 0.2) is 36.4 Å². The van der Waals surface area contributed by atoms with Crippen LogP contribution in [-0.4, -0.2) is 40.0 Å². The van der Waals surface area contributed by atoms with Crippen molar-refractivity contribution in [2.75, 3.05) is 5.32 Å². The first-order chi connectivity index (χ1) is 14.7. The van der Waals surface area contributed by atoms with E-state index in [-0.39, 0.29) is 11.4 Å². The summed E-state index contributed by atoms with van der Waals surface area (Å²) in [6.45, 7) is 5.86. The van der Waals surface area contributed by atoms with Crippen LogP contribution in [0.1, 0.15) is 48.4 Å². The molecule has 3 N–H and O–H groups in total. The highest BCUT2D eigenvalue weighted by molar-refractivity contribution is 5.98.